The molecule has 0 saturated carbocycles. The van der Waals surface area contributed by atoms with Crippen molar-refractivity contribution >= 4 is 0 Å². The molecule has 102 valence electrons. The summed E-state index contributed by atoms with van der Waals surface area (Å²) in [6.07, 6.45) is 0. The zero-order valence-corrected chi connectivity index (χ0v) is 11.0. The van der Waals surface area contributed by atoms with Crippen molar-refractivity contribution in [1.82, 2.24) is 4.90 Å². The van der Waals surface area contributed by atoms with Gasteiger partial charge in [-0.05, 0) is 18.2 Å². The number of hydrogen-bond donors (Lipinski definition) is 1. The van der Waals surface area contributed by atoms with Crippen LogP contribution in [0.2, 0.25) is 0 Å². The quantitative estimate of drug-likeness (QED) is 0.812. The molecule has 1 N–H and O–H groups in total. The van der Waals surface area contributed by atoms with E-state index in [0.717, 1.165) is 44.2 Å². The van der Waals surface area contributed by atoms with Gasteiger partial charge in [0.2, 0.25) is 0 Å². The Morgan fingerprint density at radius 2 is 2.16 bits per heavy atom. The summed E-state index contributed by atoms with van der Waals surface area (Å²) < 4.78 is 11.0. The maximum Gasteiger partial charge on any atom is 0.120 e. The molecule has 1 fully saturated rings. The van der Waals surface area contributed by atoms with Crippen LogP contribution in [0.1, 0.15) is 5.56 Å². The molecule has 0 atom stereocenters. The van der Waals surface area contributed by atoms with Gasteiger partial charge in [-0.3, -0.25) is 4.90 Å². The molecule has 2 rings (SSSR count). The Kier molecular flexibility index (Phi) is 5.70. The number of aliphatic hydroxyl groups excluding tert-OH is 1. The van der Waals surface area contributed by atoms with E-state index < -0.39 is 0 Å². The van der Waals surface area contributed by atoms with Crippen LogP contribution >= 0.6 is 0 Å². The smallest absolute Gasteiger partial charge is 0.120 e. The summed E-state index contributed by atoms with van der Waals surface area (Å²) in [6, 6.07) is 7.62. The lowest BCUT2D eigenvalue weighted by molar-refractivity contribution is 0.0322. The van der Waals surface area contributed by atoms with Crippen LogP contribution in [0.3, 0.4) is 0 Å². The highest BCUT2D eigenvalue weighted by atomic mass is 16.5. The number of nitrogens with zero attached hydrogens (tertiary/aromatic N) is 1. The van der Waals surface area contributed by atoms with Gasteiger partial charge in [-0.2, -0.15) is 0 Å². The lowest BCUT2D eigenvalue weighted by Gasteiger charge is -2.26. The highest BCUT2D eigenvalue weighted by Crippen LogP contribution is 2.12. The van der Waals surface area contributed by atoms with E-state index in [9.17, 15) is 0 Å². The molecule has 1 aliphatic rings. The van der Waals surface area contributed by atoms with E-state index in [-0.39, 0.29) is 6.61 Å². The Morgan fingerprint density at radius 1 is 1.32 bits per heavy atom. The van der Waals surface area contributed by atoms with Gasteiger partial charge in [0.25, 0.3) is 0 Å². The van der Waals surface area contributed by atoms with Crippen LogP contribution in [0.15, 0.2) is 24.3 Å². The molecular formula is C15H19NO3. The summed E-state index contributed by atoms with van der Waals surface area (Å²) in [5.74, 6) is 6.31. The van der Waals surface area contributed by atoms with Gasteiger partial charge in [-0.15, -0.1) is 0 Å². The van der Waals surface area contributed by atoms with Crippen molar-refractivity contribution in [3.8, 4) is 17.6 Å². The standard InChI is InChI=1S/C15H19NO3/c17-9-2-4-14-3-1-5-15(13-14)19-12-8-16-6-10-18-11-7-16/h1,3,5,13,17H,6-12H2. The van der Waals surface area contributed by atoms with Crippen molar-refractivity contribution < 1.29 is 14.6 Å². The normalized spacial score (nSPS) is 15.6. The predicted octanol–water partition coefficient (Wildman–Crippen LogP) is 0.741. The minimum Gasteiger partial charge on any atom is -0.492 e. The van der Waals surface area contributed by atoms with Crippen LogP contribution in [-0.2, 0) is 4.74 Å². The van der Waals surface area contributed by atoms with Crippen molar-refractivity contribution in [3.05, 3.63) is 29.8 Å². The van der Waals surface area contributed by atoms with E-state index in [1.165, 1.54) is 0 Å². The van der Waals surface area contributed by atoms with Crippen molar-refractivity contribution in [2.24, 2.45) is 0 Å². The first-order valence-corrected chi connectivity index (χ1v) is 6.51. The molecule has 19 heavy (non-hydrogen) atoms. The fourth-order valence-corrected chi connectivity index (χ4v) is 1.92. The average Bonchev–Trinajstić information content (AvgIpc) is 2.47. The summed E-state index contributed by atoms with van der Waals surface area (Å²) in [7, 11) is 0. The fraction of sp³-hybridized carbons (Fsp3) is 0.467. The Morgan fingerprint density at radius 3 is 2.95 bits per heavy atom. The highest BCUT2D eigenvalue weighted by molar-refractivity contribution is 5.39. The van der Waals surface area contributed by atoms with E-state index in [1.807, 2.05) is 24.3 Å². The number of rotatable bonds is 4. The number of morpholine rings is 1. The van der Waals surface area contributed by atoms with Crippen molar-refractivity contribution in [1.29, 1.82) is 0 Å². The third-order valence-electron chi connectivity index (χ3n) is 2.93. The molecule has 0 aromatic heterocycles. The first-order chi connectivity index (χ1) is 9.38. The van der Waals surface area contributed by atoms with Gasteiger partial charge < -0.3 is 14.6 Å². The Bertz CT molecular complexity index is 444. The monoisotopic (exact) mass is 261 g/mol. The van der Waals surface area contributed by atoms with Crippen LogP contribution < -0.4 is 4.74 Å². The highest BCUT2D eigenvalue weighted by Gasteiger charge is 2.09. The Labute approximate surface area is 113 Å². The summed E-state index contributed by atoms with van der Waals surface area (Å²) in [5.41, 5.74) is 0.859. The molecule has 1 aromatic rings. The van der Waals surface area contributed by atoms with Gasteiger partial charge in [0, 0.05) is 25.2 Å². The molecule has 1 aliphatic heterocycles. The van der Waals surface area contributed by atoms with E-state index in [4.69, 9.17) is 14.6 Å². The second kappa shape index (κ2) is 7.80. The number of ether oxygens (including phenoxy) is 2. The molecule has 0 radical (unpaired) electrons. The topological polar surface area (TPSA) is 41.9 Å². The van der Waals surface area contributed by atoms with Crippen molar-refractivity contribution in [2.75, 3.05) is 46.1 Å². The molecule has 1 heterocycles. The van der Waals surface area contributed by atoms with Gasteiger partial charge >= 0.3 is 0 Å². The SMILES string of the molecule is OCC#Cc1cccc(OCCN2CCOCC2)c1. The fourth-order valence-electron chi connectivity index (χ4n) is 1.92. The minimum atomic E-state index is -0.123. The molecule has 0 spiro atoms. The van der Waals surface area contributed by atoms with E-state index in [1.54, 1.807) is 0 Å². The second-order valence-corrected chi connectivity index (χ2v) is 4.29. The average molecular weight is 261 g/mol. The number of aliphatic hydroxyl groups is 1. The van der Waals surface area contributed by atoms with Crippen LogP contribution in [0.5, 0.6) is 5.75 Å². The van der Waals surface area contributed by atoms with Crippen molar-refractivity contribution in [2.45, 2.75) is 0 Å². The predicted molar refractivity (Wildman–Crippen MR) is 73.2 cm³/mol. The largest absolute Gasteiger partial charge is 0.492 e. The molecular weight excluding hydrogens is 242 g/mol. The zero-order valence-electron chi connectivity index (χ0n) is 11.0. The first kappa shape index (κ1) is 13.9. The second-order valence-electron chi connectivity index (χ2n) is 4.29. The van der Waals surface area contributed by atoms with Gasteiger partial charge in [-0.25, -0.2) is 0 Å². The Hall–Kier alpha value is -1.54. The lowest BCUT2D eigenvalue weighted by atomic mass is 10.2. The van der Waals surface area contributed by atoms with E-state index >= 15 is 0 Å². The summed E-state index contributed by atoms with van der Waals surface area (Å²) in [6.45, 7) is 5.03. The van der Waals surface area contributed by atoms with Crippen LogP contribution in [0.4, 0.5) is 0 Å². The lowest BCUT2D eigenvalue weighted by Crippen LogP contribution is -2.38. The minimum absolute atomic E-state index is 0.123. The zero-order chi connectivity index (χ0) is 13.3. The summed E-state index contributed by atoms with van der Waals surface area (Å²) >= 11 is 0. The molecule has 4 heteroatoms. The van der Waals surface area contributed by atoms with Gasteiger partial charge in [-0.1, -0.05) is 17.9 Å². The molecule has 1 saturated heterocycles. The first-order valence-electron chi connectivity index (χ1n) is 6.51. The molecule has 1 aromatic carbocycles. The summed E-state index contributed by atoms with van der Waals surface area (Å²) in [5, 5.41) is 8.66. The molecule has 0 bridgehead atoms. The van der Waals surface area contributed by atoms with Gasteiger partial charge in [0.15, 0.2) is 0 Å². The van der Waals surface area contributed by atoms with Crippen LogP contribution in [0.25, 0.3) is 0 Å². The molecule has 0 amide bonds. The number of benzene rings is 1. The van der Waals surface area contributed by atoms with E-state index in [2.05, 4.69) is 16.7 Å². The maximum absolute atomic E-state index is 8.66. The van der Waals surface area contributed by atoms with Crippen molar-refractivity contribution in [3.63, 3.8) is 0 Å². The maximum atomic E-state index is 8.66. The van der Waals surface area contributed by atoms with Gasteiger partial charge in [0.1, 0.15) is 19.0 Å². The molecule has 0 unspecified atom stereocenters. The third-order valence-corrected chi connectivity index (χ3v) is 2.93. The van der Waals surface area contributed by atoms with Gasteiger partial charge in [0.05, 0.1) is 13.2 Å². The summed E-state index contributed by atoms with van der Waals surface area (Å²) in [4.78, 5) is 2.33. The van der Waals surface area contributed by atoms with Crippen LogP contribution in [0, 0.1) is 11.8 Å². The molecule has 4 nitrogen and oxygen atoms in total. The van der Waals surface area contributed by atoms with Crippen LogP contribution in [-0.4, -0.2) is 56.1 Å². The Balaban J connectivity index is 1.78. The third kappa shape index (κ3) is 4.92. The van der Waals surface area contributed by atoms with E-state index in [0.29, 0.717) is 6.61 Å². The number of hydrogen-bond acceptors (Lipinski definition) is 4. The molecule has 0 aliphatic carbocycles.